The molecule has 0 saturated carbocycles. The third-order valence-electron chi connectivity index (χ3n) is 4.13. The van der Waals surface area contributed by atoms with Crippen LogP contribution in [0.25, 0.3) is 0 Å². The molecule has 1 amide bonds. The number of aryl methyl sites for hydroxylation is 2. The smallest absolute Gasteiger partial charge is 0.272 e. The molecule has 5 nitrogen and oxygen atoms in total. The van der Waals surface area contributed by atoms with Gasteiger partial charge in [-0.3, -0.25) is 4.79 Å². The van der Waals surface area contributed by atoms with Gasteiger partial charge < -0.3 is 4.90 Å². The second kappa shape index (κ2) is 6.47. The Hall–Kier alpha value is -2.26. The van der Waals surface area contributed by atoms with E-state index in [9.17, 15) is 4.79 Å². The van der Waals surface area contributed by atoms with Crippen LogP contribution in [0, 0.1) is 18.3 Å². The molecule has 6 heteroatoms. The molecule has 2 heterocycles. The van der Waals surface area contributed by atoms with Crippen LogP contribution < -0.4 is 0 Å². The number of carbonyl (C=O) groups excluding carboxylic acids is 1. The van der Waals surface area contributed by atoms with Gasteiger partial charge >= 0.3 is 0 Å². The first kappa shape index (κ1) is 15.6. The zero-order valence-electron chi connectivity index (χ0n) is 13.2. The third kappa shape index (κ3) is 3.25. The topological polar surface area (TPSA) is 69.9 Å². The van der Waals surface area contributed by atoms with Crippen LogP contribution in [0.3, 0.4) is 0 Å². The summed E-state index contributed by atoms with van der Waals surface area (Å²) in [6, 6.07) is 5.24. The van der Waals surface area contributed by atoms with E-state index in [2.05, 4.69) is 9.97 Å². The second-order valence-electron chi connectivity index (χ2n) is 5.86. The third-order valence-corrected chi connectivity index (χ3v) is 5.18. The molecule has 0 radical (unpaired) electrons. The van der Waals surface area contributed by atoms with Gasteiger partial charge in [0.25, 0.3) is 5.91 Å². The summed E-state index contributed by atoms with van der Waals surface area (Å²) in [7, 11) is 1.80. The van der Waals surface area contributed by atoms with Crippen molar-refractivity contribution >= 4 is 17.2 Å². The first-order valence-corrected chi connectivity index (χ1v) is 8.48. The predicted octanol–water partition coefficient (Wildman–Crippen LogP) is 2.91. The van der Waals surface area contributed by atoms with Crippen molar-refractivity contribution < 1.29 is 4.79 Å². The van der Waals surface area contributed by atoms with Crippen LogP contribution in [-0.4, -0.2) is 34.4 Å². The van der Waals surface area contributed by atoms with E-state index in [1.807, 2.05) is 13.0 Å². The molecule has 0 spiro atoms. The molecule has 3 rings (SSSR count). The molecular formula is C17H18N4OS. The molecule has 23 heavy (non-hydrogen) atoms. The number of nitrogens with zero attached hydrogens (tertiary/aromatic N) is 4. The van der Waals surface area contributed by atoms with Gasteiger partial charge in [-0.05, 0) is 38.3 Å². The maximum absolute atomic E-state index is 12.5. The number of fused-ring (bicyclic) bond motifs is 1. The number of hydrogen-bond acceptors (Lipinski definition) is 5. The highest BCUT2D eigenvalue weighted by Gasteiger charge is 2.26. The molecule has 0 aromatic carbocycles. The van der Waals surface area contributed by atoms with Crippen molar-refractivity contribution in [1.29, 1.82) is 5.26 Å². The number of pyridine rings is 1. The van der Waals surface area contributed by atoms with E-state index in [1.54, 1.807) is 35.4 Å². The summed E-state index contributed by atoms with van der Waals surface area (Å²) in [5.74, 6) is 0.185. The average molecular weight is 326 g/mol. The first-order valence-electron chi connectivity index (χ1n) is 7.66. The van der Waals surface area contributed by atoms with E-state index in [0.29, 0.717) is 23.7 Å². The van der Waals surface area contributed by atoms with Crippen LogP contribution in [0.5, 0.6) is 0 Å². The van der Waals surface area contributed by atoms with Crippen molar-refractivity contribution in [2.75, 3.05) is 13.6 Å². The molecular weight excluding hydrogens is 308 g/mol. The van der Waals surface area contributed by atoms with Crippen molar-refractivity contribution in [3.8, 4) is 6.07 Å². The Morgan fingerprint density at radius 2 is 2.35 bits per heavy atom. The Labute approximate surface area is 139 Å². The van der Waals surface area contributed by atoms with Gasteiger partial charge in [-0.1, -0.05) is 0 Å². The molecule has 0 bridgehead atoms. The highest BCUT2D eigenvalue weighted by molar-refractivity contribution is 7.11. The fraction of sp³-hybridized carbons (Fsp3) is 0.412. The molecule has 0 unspecified atom stereocenters. The van der Waals surface area contributed by atoms with Crippen LogP contribution >= 0.6 is 11.3 Å². The fourth-order valence-electron chi connectivity index (χ4n) is 3.00. The van der Waals surface area contributed by atoms with Crippen molar-refractivity contribution in [2.45, 2.75) is 32.1 Å². The Balaban J connectivity index is 1.72. The maximum Gasteiger partial charge on any atom is 0.272 e. The van der Waals surface area contributed by atoms with E-state index < -0.39 is 0 Å². The van der Waals surface area contributed by atoms with Gasteiger partial charge in [0, 0.05) is 30.6 Å². The van der Waals surface area contributed by atoms with E-state index in [-0.39, 0.29) is 5.91 Å². The minimum atomic E-state index is -0.117. The van der Waals surface area contributed by atoms with Gasteiger partial charge in [-0.15, -0.1) is 11.3 Å². The van der Waals surface area contributed by atoms with E-state index in [4.69, 9.17) is 5.26 Å². The van der Waals surface area contributed by atoms with Crippen molar-refractivity contribution in [1.82, 2.24) is 14.9 Å². The second-order valence-corrected chi connectivity index (χ2v) is 7.15. The minimum Gasteiger partial charge on any atom is -0.340 e. The van der Waals surface area contributed by atoms with E-state index in [0.717, 1.165) is 24.3 Å². The summed E-state index contributed by atoms with van der Waals surface area (Å²) in [4.78, 5) is 24.3. The predicted molar refractivity (Wildman–Crippen MR) is 88.4 cm³/mol. The Morgan fingerprint density at radius 3 is 3.04 bits per heavy atom. The van der Waals surface area contributed by atoms with Gasteiger partial charge in [0.1, 0.15) is 11.8 Å². The molecule has 0 aliphatic heterocycles. The molecule has 118 valence electrons. The number of hydrogen-bond donors (Lipinski definition) is 0. The van der Waals surface area contributed by atoms with Gasteiger partial charge in [-0.2, -0.15) is 5.26 Å². The lowest BCUT2D eigenvalue weighted by Crippen LogP contribution is -2.32. The minimum absolute atomic E-state index is 0.117. The summed E-state index contributed by atoms with van der Waals surface area (Å²) in [6.07, 6.45) is 4.75. The lowest BCUT2D eigenvalue weighted by molar-refractivity contribution is 0.0777. The number of aromatic nitrogens is 2. The summed E-state index contributed by atoms with van der Waals surface area (Å²) in [5, 5.41) is 9.90. The van der Waals surface area contributed by atoms with Gasteiger partial charge in [0.15, 0.2) is 0 Å². The van der Waals surface area contributed by atoms with Crippen LogP contribution in [-0.2, 0) is 6.42 Å². The number of carbonyl (C=O) groups is 1. The molecule has 0 N–H and O–H groups in total. The summed E-state index contributed by atoms with van der Waals surface area (Å²) in [6.45, 7) is 2.69. The summed E-state index contributed by atoms with van der Waals surface area (Å²) in [5.41, 5.74) is 2.00. The Bertz CT molecular complexity index is 760. The van der Waals surface area contributed by atoms with Crippen LogP contribution in [0.1, 0.15) is 50.4 Å². The maximum atomic E-state index is 12.5. The number of likely N-dealkylation sites (N-methyl/N-ethyl adjacent to an activating group) is 1. The molecule has 2 aromatic heterocycles. The SMILES string of the molecule is Cc1nc2c(s1)CCC[C@@H]2CN(C)C(=O)c1ccc(C#N)cn1. The zero-order chi connectivity index (χ0) is 16.4. The fourth-order valence-corrected chi connectivity index (χ4v) is 4.07. The zero-order valence-corrected chi connectivity index (χ0v) is 14.1. The lowest BCUT2D eigenvalue weighted by atomic mass is 9.90. The van der Waals surface area contributed by atoms with E-state index >= 15 is 0 Å². The highest BCUT2D eigenvalue weighted by atomic mass is 32.1. The lowest BCUT2D eigenvalue weighted by Gasteiger charge is -2.26. The number of amides is 1. The summed E-state index contributed by atoms with van der Waals surface area (Å²) >= 11 is 1.77. The van der Waals surface area contributed by atoms with Crippen molar-refractivity contribution in [2.24, 2.45) is 0 Å². The standard InChI is InChI=1S/C17H18N4OS/c1-11-20-16-13(4-3-5-15(16)23-11)10-21(2)17(22)14-7-6-12(8-18)9-19-14/h6-7,9,13H,3-5,10H2,1-2H3/t13-/m1/s1. The molecule has 0 saturated heterocycles. The number of rotatable bonds is 3. The van der Waals surface area contributed by atoms with Gasteiger partial charge in [-0.25, -0.2) is 9.97 Å². The van der Waals surface area contributed by atoms with Crippen LogP contribution in [0.4, 0.5) is 0 Å². The van der Waals surface area contributed by atoms with Crippen LogP contribution in [0.15, 0.2) is 18.3 Å². The molecule has 1 aliphatic rings. The summed E-state index contributed by atoms with van der Waals surface area (Å²) < 4.78 is 0. The normalized spacial score (nSPS) is 16.5. The highest BCUT2D eigenvalue weighted by Crippen LogP contribution is 2.35. The number of nitriles is 1. The Morgan fingerprint density at radius 1 is 1.52 bits per heavy atom. The van der Waals surface area contributed by atoms with Gasteiger partial charge in [0.05, 0.1) is 16.3 Å². The molecule has 2 aromatic rings. The molecule has 1 atom stereocenters. The molecule has 0 fully saturated rings. The number of thiazole rings is 1. The Kier molecular flexibility index (Phi) is 4.39. The van der Waals surface area contributed by atoms with Crippen molar-refractivity contribution in [3.05, 3.63) is 45.2 Å². The first-order chi connectivity index (χ1) is 11.1. The quantitative estimate of drug-likeness (QED) is 0.869. The van der Waals surface area contributed by atoms with Crippen molar-refractivity contribution in [3.63, 3.8) is 0 Å². The van der Waals surface area contributed by atoms with Crippen LogP contribution in [0.2, 0.25) is 0 Å². The monoisotopic (exact) mass is 326 g/mol. The van der Waals surface area contributed by atoms with E-state index in [1.165, 1.54) is 16.8 Å². The van der Waals surface area contributed by atoms with Gasteiger partial charge in [0.2, 0.25) is 0 Å². The molecule has 1 aliphatic carbocycles. The largest absolute Gasteiger partial charge is 0.340 e. The average Bonchev–Trinajstić information content (AvgIpc) is 2.95.